The minimum absolute atomic E-state index is 0.649. The first-order chi connectivity index (χ1) is 6.35. The Balaban J connectivity index is 2.59. The SMILES string of the molecule is COc1[c]c2occc(OC)c-2c1. The first-order valence-corrected chi connectivity index (χ1v) is 3.86. The molecule has 2 aliphatic rings. The highest BCUT2D eigenvalue weighted by Crippen LogP contribution is 2.36. The van der Waals surface area contributed by atoms with Gasteiger partial charge in [0.25, 0.3) is 0 Å². The minimum atomic E-state index is 0.649. The minimum Gasteiger partial charge on any atom is -0.496 e. The standard InChI is InChI=1S/C10H9O3/c1-11-7-5-8-9(12-2)3-4-13-10(8)6-7/h3-5H,1-2H3. The third-order valence-electron chi connectivity index (χ3n) is 1.87. The van der Waals surface area contributed by atoms with Gasteiger partial charge in [-0.05, 0) is 6.07 Å². The highest BCUT2D eigenvalue weighted by atomic mass is 16.5. The molecular weight excluding hydrogens is 168 g/mol. The summed E-state index contributed by atoms with van der Waals surface area (Å²) in [5.41, 5.74) is 0.877. The second-order valence-electron chi connectivity index (χ2n) is 2.57. The molecule has 0 aromatic rings. The Labute approximate surface area is 76.2 Å². The molecule has 2 rings (SSSR count). The molecule has 1 aliphatic heterocycles. The zero-order valence-electron chi connectivity index (χ0n) is 7.46. The highest BCUT2D eigenvalue weighted by Gasteiger charge is 2.14. The molecule has 0 N–H and O–H groups in total. The van der Waals surface area contributed by atoms with Crippen LogP contribution in [0.5, 0.6) is 11.5 Å². The lowest BCUT2D eigenvalue weighted by molar-refractivity contribution is 0.409. The molecule has 0 amide bonds. The van der Waals surface area contributed by atoms with Gasteiger partial charge in [0.2, 0.25) is 0 Å². The number of rotatable bonds is 2. The molecule has 1 radical (unpaired) electrons. The van der Waals surface area contributed by atoms with E-state index in [1.54, 1.807) is 26.5 Å². The Hall–Kier alpha value is -1.64. The van der Waals surface area contributed by atoms with Gasteiger partial charge in [-0.2, -0.15) is 0 Å². The van der Waals surface area contributed by atoms with E-state index >= 15 is 0 Å². The van der Waals surface area contributed by atoms with Gasteiger partial charge in [0.05, 0.1) is 32.1 Å². The highest BCUT2D eigenvalue weighted by molar-refractivity contribution is 5.70. The smallest absolute Gasteiger partial charge is 0.149 e. The number of hydrogen-bond donors (Lipinski definition) is 0. The summed E-state index contributed by atoms with van der Waals surface area (Å²) >= 11 is 0. The van der Waals surface area contributed by atoms with E-state index in [4.69, 9.17) is 13.9 Å². The summed E-state index contributed by atoms with van der Waals surface area (Å²) in [6.45, 7) is 0. The Kier molecular flexibility index (Phi) is 1.85. The number of ether oxygens (including phenoxy) is 2. The number of methoxy groups -OCH3 is 2. The lowest BCUT2D eigenvalue weighted by atomic mass is 10.2. The molecule has 0 aromatic carbocycles. The van der Waals surface area contributed by atoms with Crippen molar-refractivity contribution >= 4 is 0 Å². The van der Waals surface area contributed by atoms with Gasteiger partial charge >= 0.3 is 0 Å². The van der Waals surface area contributed by atoms with Crippen LogP contribution in [-0.4, -0.2) is 14.2 Å². The quantitative estimate of drug-likeness (QED) is 0.704. The molecule has 3 nitrogen and oxygen atoms in total. The molecule has 0 atom stereocenters. The predicted octanol–water partition coefficient (Wildman–Crippen LogP) is 2.20. The molecule has 3 heteroatoms. The van der Waals surface area contributed by atoms with Crippen LogP contribution in [0.4, 0.5) is 0 Å². The van der Waals surface area contributed by atoms with Crippen molar-refractivity contribution in [1.29, 1.82) is 0 Å². The van der Waals surface area contributed by atoms with E-state index in [0.717, 1.165) is 11.3 Å². The van der Waals surface area contributed by atoms with Crippen LogP contribution >= 0.6 is 0 Å². The van der Waals surface area contributed by atoms with E-state index in [2.05, 4.69) is 6.07 Å². The van der Waals surface area contributed by atoms with Gasteiger partial charge in [-0.25, -0.2) is 0 Å². The van der Waals surface area contributed by atoms with Crippen molar-refractivity contribution in [3.8, 4) is 22.8 Å². The average molecular weight is 177 g/mol. The van der Waals surface area contributed by atoms with Crippen LogP contribution in [0.1, 0.15) is 0 Å². The average Bonchev–Trinajstić information content (AvgIpc) is 2.59. The first kappa shape index (κ1) is 7.98. The molecule has 0 aromatic heterocycles. The molecule has 0 fully saturated rings. The second kappa shape index (κ2) is 3.01. The molecule has 1 aliphatic carbocycles. The first-order valence-electron chi connectivity index (χ1n) is 3.86. The maximum absolute atomic E-state index is 5.22. The molecule has 1 heterocycles. The van der Waals surface area contributed by atoms with Gasteiger partial charge in [0, 0.05) is 6.07 Å². The Morgan fingerprint density at radius 3 is 2.85 bits per heavy atom. The van der Waals surface area contributed by atoms with Crippen LogP contribution in [0.25, 0.3) is 11.3 Å². The summed E-state index contributed by atoms with van der Waals surface area (Å²) in [7, 11) is 3.21. The monoisotopic (exact) mass is 177 g/mol. The van der Waals surface area contributed by atoms with Crippen LogP contribution in [-0.2, 0) is 0 Å². The predicted molar refractivity (Wildman–Crippen MR) is 47.3 cm³/mol. The third kappa shape index (κ3) is 1.22. The van der Waals surface area contributed by atoms with Crippen molar-refractivity contribution in [2.24, 2.45) is 0 Å². The fourth-order valence-electron chi connectivity index (χ4n) is 1.23. The van der Waals surface area contributed by atoms with Crippen molar-refractivity contribution in [2.45, 2.75) is 0 Å². The summed E-state index contributed by atoms with van der Waals surface area (Å²) in [4.78, 5) is 0. The molecule has 67 valence electrons. The fourth-order valence-corrected chi connectivity index (χ4v) is 1.23. The fraction of sp³-hybridized carbons (Fsp3) is 0.200. The molecule has 0 saturated heterocycles. The largest absolute Gasteiger partial charge is 0.496 e. The molecule has 0 unspecified atom stereocenters. The van der Waals surface area contributed by atoms with Gasteiger partial charge < -0.3 is 13.9 Å². The van der Waals surface area contributed by atoms with Gasteiger partial charge in [-0.1, -0.05) is 0 Å². The van der Waals surface area contributed by atoms with Gasteiger partial charge in [-0.15, -0.1) is 0 Å². The lowest BCUT2D eigenvalue weighted by Gasteiger charge is -2.03. The van der Waals surface area contributed by atoms with Crippen molar-refractivity contribution in [1.82, 2.24) is 0 Å². The molecule has 0 saturated carbocycles. The summed E-state index contributed by atoms with van der Waals surface area (Å²) in [6.07, 6.45) is 1.57. The van der Waals surface area contributed by atoms with Crippen molar-refractivity contribution in [3.63, 3.8) is 0 Å². The van der Waals surface area contributed by atoms with E-state index in [-0.39, 0.29) is 0 Å². The Bertz CT molecular complexity index is 378. The van der Waals surface area contributed by atoms with Gasteiger partial charge in [0.1, 0.15) is 17.3 Å². The summed E-state index contributed by atoms with van der Waals surface area (Å²) in [5.74, 6) is 2.07. The van der Waals surface area contributed by atoms with Crippen molar-refractivity contribution in [3.05, 3.63) is 24.5 Å². The Morgan fingerprint density at radius 1 is 1.31 bits per heavy atom. The van der Waals surface area contributed by atoms with E-state index in [1.165, 1.54) is 0 Å². The van der Waals surface area contributed by atoms with E-state index in [0.29, 0.717) is 11.5 Å². The van der Waals surface area contributed by atoms with Crippen LogP contribution in [0.2, 0.25) is 0 Å². The zero-order chi connectivity index (χ0) is 9.26. The molecular formula is C10H9O3. The zero-order valence-corrected chi connectivity index (χ0v) is 7.46. The molecule has 13 heavy (non-hydrogen) atoms. The third-order valence-corrected chi connectivity index (χ3v) is 1.87. The lowest BCUT2D eigenvalue weighted by Crippen LogP contribution is -1.84. The van der Waals surface area contributed by atoms with Crippen LogP contribution in [0, 0.1) is 6.07 Å². The topological polar surface area (TPSA) is 31.6 Å². The summed E-state index contributed by atoms with van der Waals surface area (Å²) < 4.78 is 15.4. The maximum Gasteiger partial charge on any atom is 0.149 e. The number of hydrogen-bond acceptors (Lipinski definition) is 3. The summed E-state index contributed by atoms with van der Waals surface area (Å²) in [5, 5.41) is 0. The van der Waals surface area contributed by atoms with Crippen LogP contribution in [0.3, 0.4) is 0 Å². The molecule has 0 bridgehead atoms. The maximum atomic E-state index is 5.22. The van der Waals surface area contributed by atoms with Crippen molar-refractivity contribution < 1.29 is 13.9 Å². The Morgan fingerprint density at radius 2 is 2.15 bits per heavy atom. The van der Waals surface area contributed by atoms with Crippen LogP contribution in [0.15, 0.2) is 22.8 Å². The number of fused-ring (bicyclic) bond motifs is 1. The second-order valence-corrected chi connectivity index (χ2v) is 2.57. The van der Waals surface area contributed by atoms with E-state index in [1.807, 2.05) is 6.07 Å². The van der Waals surface area contributed by atoms with Gasteiger partial charge in [0.15, 0.2) is 0 Å². The summed E-state index contributed by atoms with van der Waals surface area (Å²) in [6, 6.07) is 6.54. The van der Waals surface area contributed by atoms with Crippen LogP contribution < -0.4 is 9.47 Å². The van der Waals surface area contributed by atoms with E-state index < -0.39 is 0 Å². The normalized spacial score (nSPS) is 10.3. The van der Waals surface area contributed by atoms with E-state index in [9.17, 15) is 0 Å². The molecule has 0 spiro atoms. The van der Waals surface area contributed by atoms with Crippen molar-refractivity contribution in [2.75, 3.05) is 14.2 Å². The van der Waals surface area contributed by atoms with Gasteiger partial charge in [-0.3, -0.25) is 0 Å².